The van der Waals surface area contributed by atoms with Crippen molar-refractivity contribution in [3.8, 4) is 21.9 Å². The summed E-state index contributed by atoms with van der Waals surface area (Å²) in [4.78, 5) is 92.4. The fourth-order valence-corrected chi connectivity index (χ4v) is 12.2. The van der Waals surface area contributed by atoms with Crippen molar-refractivity contribution < 1.29 is 43.3 Å². The number of β-amino-alcohol motifs (C(OH)–C–C–N with tert-alkyl or cyclic N) is 1. The lowest BCUT2D eigenvalue weighted by Crippen LogP contribution is -2.58. The summed E-state index contributed by atoms with van der Waals surface area (Å²) in [6, 6.07) is 19.2. The molecule has 0 spiro atoms. The number of likely N-dealkylation sites (tertiary alicyclic amines) is 2. The number of fused-ring (bicyclic) bond motifs is 1. The summed E-state index contributed by atoms with van der Waals surface area (Å²) in [5.41, 5.74) is 6.33. The maximum atomic E-state index is 14.9. The van der Waals surface area contributed by atoms with Crippen molar-refractivity contribution in [2.45, 2.75) is 173 Å². The van der Waals surface area contributed by atoms with Crippen molar-refractivity contribution in [2.75, 3.05) is 26.7 Å². The van der Waals surface area contributed by atoms with Crippen molar-refractivity contribution in [3.63, 3.8) is 0 Å². The van der Waals surface area contributed by atoms with Crippen molar-refractivity contribution in [1.29, 1.82) is 0 Å². The summed E-state index contributed by atoms with van der Waals surface area (Å²) in [5, 5.41) is 26.0. The Morgan fingerprint density at radius 2 is 1.55 bits per heavy atom. The predicted octanol–water partition coefficient (Wildman–Crippen LogP) is 6.69. The van der Waals surface area contributed by atoms with Crippen molar-refractivity contribution >= 4 is 46.8 Å². The van der Waals surface area contributed by atoms with E-state index in [1.165, 1.54) is 10.5 Å². The minimum absolute atomic E-state index is 0.0168. The van der Waals surface area contributed by atoms with Crippen molar-refractivity contribution in [3.05, 3.63) is 101 Å². The number of nitrogens with zero attached hydrogens (tertiary/aromatic N) is 3. The fourth-order valence-electron chi connectivity index (χ4n) is 11.4. The van der Waals surface area contributed by atoms with Gasteiger partial charge in [0.05, 0.1) is 47.4 Å². The maximum absolute atomic E-state index is 14.9. The number of hydrogen-bond donors (Lipinski definition) is 6. The number of unbranched alkanes of at least 4 members (excludes halogenated alkanes) is 1. The Bertz CT molecular complexity index is 2720. The van der Waals surface area contributed by atoms with Gasteiger partial charge in [-0.25, -0.2) is 4.98 Å². The first-order valence-corrected chi connectivity index (χ1v) is 29.0. The van der Waals surface area contributed by atoms with E-state index in [2.05, 4.69) is 43.7 Å². The maximum Gasteiger partial charge on any atom is 0.246 e. The van der Waals surface area contributed by atoms with Crippen LogP contribution in [0.25, 0.3) is 10.4 Å². The molecule has 8 atom stereocenters. The molecule has 17 nitrogen and oxygen atoms in total. The smallest absolute Gasteiger partial charge is 0.246 e. The highest BCUT2D eigenvalue weighted by molar-refractivity contribution is 7.13. The third-order valence-corrected chi connectivity index (χ3v) is 16.9. The molecule has 2 aliphatic carbocycles. The minimum atomic E-state index is -0.942. The Labute approximate surface area is 463 Å². The first kappa shape index (κ1) is 57.8. The number of rotatable bonds is 21. The van der Waals surface area contributed by atoms with Crippen LogP contribution < -0.4 is 36.1 Å². The molecule has 0 radical (unpaired) electrons. The molecule has 0 unspecified atom stereocenters. The second-order valence-electron chi connectivity index (χ2n) is 22.8. The van der Waals surface area contributed by atoms with E-state index in [0.29, 0.717) is 30.9 Å². The van der Waals surface area contributed by atoms with Gasteiger partial charge < -0.3 is 51.0 Å². The summed E-state index contributed by atoms with van der Waals surface area (Å²) in [6.45, 7) is 10.0. The topological polar surface area (TPSA) is 221 Å². The van der Waals surface area contributed by atoms with Crippen molar-refractivity contribution in [1.82, 2.24) is 41.4 Å². The predicted molar refractivity (Wildman–Crippen MR) is 299 cm³/mol. The van der Waals surface area contributed by atoms with E-state index in [1.807, 2.05) is 87.8 Å². The Hall–Kier alpha value is -6.37. The number of thiazole rings is 1. The molecule has 2 aliphatic heterocycles. The number of aliphatic hydroxyl groups is 1. The number of aromatic nitrogens is 1. The molecular weight excluding hydrogens is 1010 g/mol. The molecule has 420 valence electrons. The zero-order chi connectivity index (χ0) is 55.5. The third-order valence-electron chi connectivity index (χ3n) is 15.9. The first-order chi connectivity index (χ1) is 37.5. The van der Waals surface area contributed by atoms with Gasteiger partial charge in [0, 0.05) is 38.4 Å². The van der Waals surface area contributed by atoms with Crippen LogP contribution in [0, 0.1) is 18.3 Å². The Balaban J connectivity index is 0.843. The van der Waals surface area contributed by atoms with Crippen LogP contribution in [0.4, 0.5) is 0 Å². The van der Waals surface area contributed by atoms with Gasteiger partial charge in [-0.1, -0.05) is 94.6 Å². The van der Waals surface area contributed by atoms with Crippen LogP contribution >= 0.6 is 11.3 Å². The van der Waals surface area contributed by atoms with Gasteiger partial charge in [0.25, 0.3) is 0 Å². The Morgan fingerprint density at radius 1 is 0.821 bits per heavy atom. The first-order valence-electron chi connectivity index (χ1n) is 28.1. The molecule has 2 saturated heterocycles. The van der Waals surface area contributed by atoms with Crippen LogP contribution in [0.3, 0.4) is 0 Å². The summed E-state index contributed by atoms with van der Waals surface area (Å²) in [6.07, 6.45) is 7.45. The van der Waals surface area contributed by atoms with Gasteiger partial charge in [0.15, 0.2) is 0 Å². The number of carbonyl (C=O) groups is 6. The van der Waals surface area contributed by atoms with Gasteiger partial charge in [-0.2, -0.15) is 0 Å². The van der Waals surface area contributed by atoms with E-state index in [-0.39, 0.29) is 80.4 Å². The van der Waals surface area contributed by atoms with E-state index in [4.69, 9.17) is 9.47 Å². The van der Waals surface area contributed by atoms with Crippen LogP contribution in [0.5, 0.6) is 11.5 Å². The normalized spacial score (nSPS) is 21.7. The standard InChI is InChI=1S/C60H80N8O9S/c1-37-53(78-36-63-37)42-27-25-39(26-28-42)33-62-56(72)49-30-43(69)34-67(49)59(75)54(60(3,4)5)65-51(70)24-12-13-29-76-44-20-15-21-45(31-44)77-46-32-50(57(73)64-48-23-14-19-40-16-10-11-22-47(40)48)68(35-46)58(74)52(41-17-8-7-9-18-41)66-55(71)38(2)61-6/h10-11,15-16,20-22,25-28,31,36,38,41,43,46,48-50,52,54,61,69H,7-9,12-14,17-19,23-24,29-30,32-35H2,1-6H3,(H,62,72)(H,64,73)(H,65,70)(H,66,71)/t38-,43-,46-,48+,49-,50-,52-,54+/m0/s1. The molecule has 1 aromatic heterocycles. The monoisotopic (exact) mass is 1090 g/mol. The average Bonchev–Trinajstić information content (AvgIpc) is 4.20. The van der Waals surface area contributed by atoms with Crippen LogP contribution in [-0.4, -0.2) is 124 Å². The number of aryl methyl sites for hydroxylation is 2. The molecule has 4 aliphatic rings. The summed E-state index contributed by atoms with van der Waals surface area (Å²) in [7, 11) is 1.71. The van der Waals surface area contributed by atoms with Gasteiger partial charge in [0.2, 0.25) is 35.4 Å². The number of benzene rings is 3. The molecular formula is C60H80N8O9S. The lowest BCUT2D eigenvalue weighted by atomic mass is 9.83. The largest absolute Gasteiger partial charge is 0.493 e. The summed E-state index contributed by atoms with van der Waals surface area (Å²) >= 11 is 1.57. The minimum Gasteiger partial charge on any atom is -0.493 e. The molecule has 6 amide bonds. The number of hydrogen-bond acceptors (Lipinski definition) is 12. The van der Waals surface area contributed by atoms with Gasteiger partial charge in [-0.05, 0) is 112 Å². The van der Waals surface area contributed by atoms with E-state index < -0.39 is 53.7 Å². The summed E-state index contributed by atoms with van der Waals surface area (Å²) < 4.78 is 12.7. The molecule has 6 N–H and O–H groups in total. The lowest BCUT2D eigenvalue weighted by molar-refractivity contribution is -0.144. The number of ether oxygens (including phenoxy) is 2. The lowest BCUT2D eigenvalue weighted by Gasteiger charge is -2.35. The van der Waals surface area contributed by atoms with Crippen molar-refractivity contribution in [2.24, 2.45) is 11.3 Å². The molecule has 8 rings (SSSR count). The highest BCUT2D eigenvalue weighted by Crippen LogP contribution is 2.35. The highest BCUT2D eigenvalue weighted by Gasteiger charge is 2.47. The van der Waals surface area contributed by atoms with E-state index in [9.17, 15) is 33.9 Å². The Morgan fingerprint density at radius 3 is 2.28 bits per heavy atom. The van der Waals surface area contributed by atoms with E-state index >= 15 is 0 Å². The summed E-state index contributed by atoms with van der Waals surface area (Å²) in [5.74, 6) is -0.845. The molecule has 3 aromatic carbocycles. The second-order valence-corrected chi connectivity index (χ2v) is 23.6. The highest BCUT2D eigenvalue weighted by atomic mass is 32.1. The molecule has 18 heteroatoms. The molecule has 3 heterocycles. The van der Waals surface area contributed by atoms with Crippen LogP contribution in [-0.2, 0) is 41.7 Å². The number of aliphatic hydroxyl groups excluding tert-OH is 1. The van der Waals surface area contributed by atoms with Gasteiger partial charge >= 0.3 is 0 Å². The van der Waals surface area contributed by atoms with Gasteiger partial charge in [-0.15, -0.1) is 11.3 Å². The van der Waals surface area contributed by atoms with Gasteiger partial charge in [-0.3, -0.25) is 28.8 Å². The molecule has 1 saturated carbocycles. The zero-order valence-corrected chi connectivity index (χ0v) is 47.0. The molecule has 4 aromatic rings. The number of amides is 6. The number of nitrogens with one attached hydrogen (secondary N) is 5. The number of carbonyl (C=O) groups excluding carboxylic acids is 6. The van der Waals surface area contributed by atoms with Gasteiger partial charge in [0.1, 0.15) is 41.8 Å². The Kier molecular flexibility index (Phi) is 19.7. The second kappa shape index (κ2) is 26.5. The van der Waals surface area contributed by atoms with Crippen LogP contribution in [0.15, 0.2) is 78.3 Å². The average molecular weight is 1090 g/mol. The van der Waals surface area contributed by atoms with E-state index in [0.717, 1.165) is 78.6 Å². The molecule has 3 fully saturated rings. The van der Waals surface area contributed by atoms with E-state index in [1.54, 1.807) is 36.3 Å². The fraction of sp³-hybridized carbons (Fsp3) is 0.550. The molecule has 0 bridgehead atoms. The third kappa shape index (κ3) is 14.6. The molecule has 78 heavy (non-hydrogen) atoms. The van der Waals surface area contributed by atoms with Crippen LogP contribution in [0.2, 0.25) is 0 Å². The quantitative estimate of drug-likeness (QED) is 0.0483. The zero-order valence-electron chi connectivity index (χ0n) is 46.2. The SMILES string of the molecule is CN[C@@H](C)C(=O)N[C@H](C(=O)N1C[C@@H](Oc2cccc(OCCCCC(=O)N[C@H](C(=O)N3C[C@@H](O)C[C@H]3C(=O)NCc3ccc(-c4scnc4C)cc3)C(C)(C)C)c2)C[C@H]1C(=O)N[C@@H]1CCCc2ccccc21)C1CCCCC1. The van der Waals surface area contributed by atoms with Crippen LogP contribution in [0.1, 0.15) is 133 Å². The number of likely N-dealkylation sites (N-methyl/N-ethyl adjacent to an activating group) is 1.